The maximum absolute atomic E-state index is 5.58. The highest BCUT2D eigenvalue weighted by atomic mass is 28.4. The van der Waals surface area contributed by atoms with E-state index in [9.17, 15) is 0 Å². The lowest BCUT2D eigenvalue weighted by molar-refractivity contribution is 0.122. The van der Waals surface area contributed by atoms with Gasteiger partial charge in [0.05, 0.1) is 0 Å². The van der Waals surface area contributed by atoms with Gasteiger partial charge in [0.2, 0.25) is 0 Å². The Balaban J connectivity index is 2.88. The molecule has 0 aliphatic rings. The first kappa shape index (κ1) is 22.5. The van der Waals surface area contributed by atoms with Crippen molar-refractivity contribution in [2.24, 2.45) is 0 Å². The molecule has 0 spiro atoms. The molecule has 0 saturated heterocycles. The fraction of sp³-hybridized carbons (Fsp3) is 0.684. The zero-order valence-electron chi connectivity index (χ0n) is 17.4. The van der Waals surface area contributed by atoms with Crippen LogP contribution in [0.1, 0.15) is 32.8 Å². The third kappa shape index (κ3) is 6.01. The fourth-order valence-electron chi connectivity index (χ4n) is 2.88. The maximum Gasteiger partial charge on any atom is 0.500 e. The lowest BCUT2D eigenvalue weighted by atomic mass is 10.2. The van der Waals surface area contributed by atoms with E-state index < -0.39 is 17.0 Å². The molecule has 0 aliphatic carbocycles. The van der Waals surface area contributed by atoms with Gasteiger partial charge in [-0.15, -0.1) is 0 Å². The molecule has 0 unspecified atom stereocenters. The predicted molar refractivity (Wildman–Crippen MR) is 110 cm³/mol. The van der Waals surface area contributed by atoms with Crippen LogP contribution in [-0.4, -0.2) is 49.5 Å². The summed E-state index contributed by atoms with van der Waals surface area (Å²) in [6.45, 7) is 14.1. The zero-order valence-corrected chi connectivity index (χ0v) is 19.4. The molecule has 25 heavy (non-hydrogen) atoms. The molecule has 0 saturated carbocycles. The van der Waals surface area contributed by atoms with Crippen LogP contribution in [0.25, 0.3) is 0 Å². The lowest BCUT2D eigenvalue weighted by Gasteiger charge is -2.46. The molecule has 1 aromatic carbocycles. The average Bonchev–Trinajstić information content (AvgIpc) is 2.58. The van der Waals surface area contributed by atoms with Gasteiger partial charge in [0, 0.05) is 33.9 Å². The molecule has 0 N–H and O–H groups in total. The first-order valence-corrected chi connectivity index (χ1v) is 13.9. The van der Waals surface area contributed by atoms with Crippen LogP contribution in [-0.2, 0) is 19.8 Å². The third-order valence-electron chi connectivity index (χ3n) is 5.69. The molecule has 1 rings (SSSR count). The second-order valence-corrected chi connectivity index (χ2v) is 16.5. The largest absolute Gasteiger partial charge is 0.500 e. The van der Waals surface area contributed by atoms with Gasteiger partial charge in [0.1, 0.15) is 8.24 Å². The summed E-state index contributed by atoms with van der Waals surface area (Å²) in [5, 5.41) is 0.306. The monoisotopic (exact) mass is 383 g/mol. The van der Waals surface area contributed by atoms with Crippen molar-refractivity contribution in [3.63, 3.8) is 0 Å². The Morgan fingerprint density at radius 2 is 1.44 bits per heavy atom. The summed E-state index contributed by atoms with van der Waals surface area (Å²) >= 11 is 0. The molecule has 0 amide bonds. The highest BCUT2D eigenvalue weighted by Gasteiger charge is 2.42. The average molecular weight is 384 g/mol. The zero-order chi connectivity index (χ0) is 19.1. The minimum Gasteiger partial charge on any atom is -0.377 e. The number of rotatable bonds is 10. The molecule has 6 heteroatoms. The number of hydrogen-bond donors (Lipinski definition) is 0. The SMILES string of the molecule is CO[Si](CCCN(Cc1ccccc1)[Si](C)(C)C(C)(C)C)(OC)OC. The van der Waals surface area contributed by atoms with Crippen LogP contribution >= 0.6 is 0 Å². The van der Waals surface area contributed by atoms with E-state index in [1.165, 1.54) is 5.56 Å². The quantitative estimate of drug-likeness (QED) is 0.545. The van der Waals surface area contributed by atoms with Crippen molar-refractivity contribution in [1.82, 2.24) is 4.57 Å². The Morgan fingerprint density at radius 3 is 1.88 bits per heavy atom. The van der Waals surface area contributed by atoms with E-state index in [2.05, 4.69) is 68.8 Å². The summed E-state index contributed by atoms with van der Waals surface area (Å²) in [6, 6.07) is 11.6. The van der Waals surface area contributed by atoms with Gasteiger partial charge in [-0.1, -0.05) is 64.2 Å². The molecule has 0 atom stereocenters. The van der Waals surface area contributed by atoms with Gasteiger partial charge >= 0.3 is 8.80 Å². The summed E-state index contributed by atoms with van der Waals surface area (Å²) in [4.78, 5) is 0. The third-order valence-corrected chi connectivity index (χ3v) is 14.2. The predicted octanol–water partition coefficient (Wildman–Crippen LogP) is 4.76. The van der Waals surface area contributed by atoms with Crippen LogP contribution in [0.3, 0.4) is 0 Å². The summed E-state index contributed by atoms with van der Waals surface area (Å²) in [5.41, 5.74) is 1.38. The van der Waals surface area contributed by atoms with Gasteiger partial charge in [-0.2, -0.15) is 0 Å². The molecule has 144 valence electrons. The summed E-state index contributed by atoms with van der Waals surface area (Å²) in [5.74, 6) is 0. The Morgan fingerprint density at radius 1 is 0.920 bits per heavy atom. The topological polar surface area (TPSA) is 30.9 Å². The summed E-state index contributed by atoms with van der Waals surface area (Å²) in [6.07, 6.45) is 1.01. The molecule has 0 fully saturated rings. The first-order valence-electron chi connectivity index (χ1n) is 9.06. The van der Waals surface area contributed by atoms with E-state index in [1.54, 1.807) is 21.3 Å². The molecular weight excluding hydrogens is 346 g/mol. The molecule has 4 nitrogen and oxygen atoms in total. The van der Waals surface area contributed by atoms with Crippen LogP contribution in [0.2, 0.25) is 24.2 Å². The van der Waals surface area contributed by atoms with Crippen molar-refractivity contribution < 1.29 is 13.3 Å². The minimum absolute atomic E-state index is 0.306. The lowest BCUT2D eigenvalue weighted by Crippen LogP contribution is -2.55. The summed E-state index contributed by atoms with van der Waals surface area (Å²) in [7, 11) is 0.958. The van der Waals surface area contributed by atoms with Crippen molar-refractivity contribution >= 4 is 17.0 Å². The van der Waals surface area contributed by atoms with Gasteiger partial charge in [-0.25, -0.2) is 0 Å². The maximum atomic E-state index is 5.58. The smallest absolute Gasteiger partial charge is 0.377 e. The standard InChI is InChI=1S/C19H37NO3Si2/c1-19(2,3)24(7,8)20(17-18-13-10-9-11-14-18)15-12-16-25(21-4,22-5)23-6/h9-11,13-14H,12,15-17H2,1-8H3. The van der Waals surface area contributed by atoms with E-state index in [-0.39, 0.29) is 0 Å². The first-order chi connectivity index (χ1) is 11.6. The second-order valence-electron chi connectivity index (χ2n) is 8.12. The number of hydrogen-bond acceptors (Lipinski definition) is 4. The van der Waals surface area contributed by atoms with Crippen molar-refractivity contribution in [2.75, 3.05) is 27.9 Å². The number of nitrogens with zero attached hydrogens (tertiary/aromatic N) is 1. The molecule has 0 aliphatic heterocycles. The molecule has 0 bridgehead atoms. The van der Waals surface area contributed by atoms with Crippen molar-refractivity contribution in [3.8, 4) is 0 Å². The van der Waals surface area contributed by atoms with Crippen LogP contribution in [0.5, 0.6) is 0 Å². The van der Waals surface area contributed by atoms with Gasteiger partial charge in [-0.3, -0.25) is 0 Å². The van der Waals surface area contributed by atoms with Crippen molar-refractivity contribution in [2.45, 2.75) is 57.9 Å². The minimum atomic E-state index is -2.49. The van der Waals surface area contributed by atoms with Crippen LogP contribution in [0.15, 0.2) is 30.3 Å². The second kappa shape index (κ2) is 9.44. The number of benzene rings is 1. The van der Waals surface area contributed by atoms with Gasteiger partial charge in [-0.05, 0) is 23.6 Å². The molecule has 0 heterocycles. The molecular formula is C19H37NO3Si2. The highest BCUT2D eigenvalue weighted by molar-refractivity contribution is 6.77. The van der Waals surface area contributed by atoms with Crippen LogP contribution in [0.4, 0.5) is 0 Å². The van der Waals surface area contributed by atoms with Crippen LogP contribution < -0.4 is 0 Å². The van der Waals surface area contributed by atoms with Crippen molar-refractivity contribution in [1.29, 1.82) is 0 Å². The molecule has 0 radical (unpaired) electrons. The van der Waals surface area contributed by atoms with Gasteiger partial charge in [0.15, 0.2) is 0 Å². The highest BCUT2D eigenvalue weighted by Crippen LogP contribution is 2.39. The van der Waals surface area contributed by atoms with E-state index >= 15 is 0 Å². The molecule has 1 aromatic rings. The van der Waals surface area contributed by atoms with Crippen molar-refractivity contribution in [3.05, 3.63) is 35.9 Å². The Bertz CT molecular complexity index is 491. The van der Waals surface area contributed by atoms with E-state index in [0.717, 1.165) is 25.6 Å². The molecule has 0 aromatic heterocycles. The summed E-state index contributed by atoms with van der Waals surface area (Å²) < 4.78 is 19.4. The van der Waals surface area contributed by atoms with Crippen LogP contribution in [0, 0.1) is 0 Å². The van der Waals surface area contributed by atoms with E-state index in [1.807, 2.05) is 0 Å². The Labute approximate surface area is 156 Å². The fourth-order valence-corrected chi connectivity index (χ4v) is 6.82. The Hall–Kier alpha value is -0.506. The Kier molecular flexibility index (Phi) is 8.51. The van der Waals surface area contributed by atoms with Gasteiger partial charge < -0.3 is 17.8 Å². The van der Waals surface area contributed by atoms with E-state index in [4.69, 9.17) is 13.3 Å². The van der Waals surface area contributed by atoms with Gasteiger partial charge in [0.25, 0.3) is 0 Å². The normalized spacial score (nSPS) is 13.5. The van der Waals surface area contributed by atoms with E-state index in [0.29, 0.717) is 5.04 Å².